The van der Waals surface area contributed by atoms with Gasteiger partial charge in [0.1, 0.15) is 0 Å². The summed E-state index contributed by atoms with van der Waals surface area (Å²) in [5.41, 5.74) is 0. The van der Waals surface area contributed by atoms with Crippen molar-refractivity contribution in [3.8, 4) is 0 Å². The highest BCUT2D eigenvalue weighted by Crippen LogP contribution is 2.63. The second kappa shape index (κ2) is 8.16. The third-order valence-electron chi connectivity index (χ3n) is 3.60. The molecular weight excluding hydrogens is 476 g/mol. The van der Waals surface area contributed by atoms with Crippen LogP contribution in [0.4, 0.5) is 70.2 Å². The standard InChI is InChI=1S/C13H10F16O/c1-2-30-5-3-4-7(16,17)9(20,21)11(24,25)13(28,29)12(26,27)10(22,23)8(18,19)6(14)15/h2,6H,1,3-5H2. The molecule has 0 heterocycles. The van der Waals surface area contributed by atoms with Crippen LogP contribution in [0, 0.1) is 0 Å². The summed E-state index contributed by atoms with van der Waals surface area (Å²) in [5.74, 6) is -54.1. The van der Waals surface area contributed by atoms with Gasteiger partial charge in [-0.1, -0.05) is 6.58 Å². The molecule has 30 heavy (non-hydrogen) atoms. The Morgan fingerprint density at radius 1 is 0.633 bits per heavy atom. The van der Waals surface area contributed by atoms with E-state index in [2.05, 4.69) is 11.3 Å². The first kappa shape index (κ1) is 28.4. The van der Waals surface area contributed by atoms with Gasteiger partial charge in [0.2, 0.25) is 0 Å². The Labute approximate surface area is 156 Å². The second-order valence-electron chi connectivity index (χ2n) is 5.64. The molecule has 0 aliphatic heterocycles. The van der Waals surface area contributed by atoms with Gasteiger partial charge in [0, 0.05) is 6.42 Å². The number of rotatable bonds is 12. The van der Waals surface area contributed by atoms with E-state index in [1.54, 1.807) is 0 Å². The zero-order valence-corrected chi connectivity index (χ0v) is 13.9. The first-order valence-corrected chi connectivity index (χ1v) is 7.16. The molecule has 0 aromatic carbocycles. The van der Waals surface area contributed by atoms with Crippen LogP contribution >= 0.6 is 0 Å². The Balaban J connectivity index is 6.29. The molecule has 0 aliphatic carbocycles. The predicted octanol–water partition coefficient (Wildman–Crippen LogP) is 6.64. The molecule has 0 aliphatic rings. The van der Waals surface area contributed by atoms with Crippen molar-refractivity contribution >= 4 is 0 Å². The number of hydrogen-bond acceptors (Lipinski definition) is 1. The summed E-state index contributed by atoms with van der Waals surface area (Å²) < 4.78 is 212. The van der Waals surface area contributed by atoms with E-state index in [1.807, 2.05) is 0 Å². The molecule has 0 fully saturated rings. The van der Waals surface area contributed by atoms with Crippen molar-refractivity contribution in [1.82, 2.24) is 0 Å². The van der Waals surface area contributed by atoms with E-state index in [1.165, 1.54) is 0 Å². The Kier molecular flexibility index (Phi) is 7.73. The summed E-state index contributed by atoms with van der Waals surface area (Å²) >= 11 is 0. The van der Waals surface area contributed by atoms with Gasteiger partial charge in [-0.25, -0.2) is 8.78 Å². The summed E-state index contributed by atoms with van der Waals surface area (Å²) in [5, 5.41) is 0. The summed E-state index contributed by atoms with van der Waals surface area (Å²) in [6, 6.07) is 0. The molecule has 0 aromatic heterocycles. The van der Waals surface area contributed by atoms with Crippen LogP contribution < -0.4 is 0 Å². The summed E-state index contributed by atoms with van der Waals surface area (Å²) in [6.45, 7) is 1.91. The molecule has 180 valence electrons. The van der Waals surface area contributed by atoms with Gasteiger partial charge < -0.3 is 4.74 Å². The maximum atomic E-state index is 13.4. The van der Waals surface area contributed by atoms with E-state index >= 15 is 0 Å². The normalized spacial score (nSPS) is 15.5. The predicted molar refractivity (Wildman–Crippen MR) is 66.0 cm³/mol. The molecule has 0 radical (unpaired) electrons. The van der Waals surface area contributed by atoms with E-state index in [0.29, 0.717) is 6.26 Å². The van der Waals surface area contributed by atoms with E-state index < -0.39 is 67.3 Å². The van der Waals surface area contributed by atoms with Gasteiger partial charge in [-0.15, -0.1) is 0 Å². The molecule has 0 spiro atoms. The lowest BCUT2D eigenvalue weighted by Crippen LogP contribution is -2.73. The van der Waals surface area contributed by atoms with Gasteiger partial charge in [0.05, 0.1) is 12.9 Å². The van der Waals surface area contributed by atoms with Crippen LogP contribution in [-0.2, 0) is 4.74 Å². The highest BCUT2D eigenvalue weighted by Gasteiger charge is 2.93. The van der Waals surface area contributed by atoms with Crippen molar-refractivity contribution in [1.29, 1.82) is 0 Å². The average molecular weight is 486 g/mol. The molecule has 0 N–H and O–H groups in total. The van der Waals surface area contributed by atoms with E-state index in [4.69, 9.17) is 0 Å². The van der Waals surface area contributed by atoms with E-state index in [0.717, 1.165) is 0 Å². The second-order valence-corrected chi connectivity index (χ2v) is 5.64. The molecule has 0 atom stereocenters. The van der Waals surface area contributed by atoms with Crippen LogP contribution in [0.15, 0.2) is 12.8 Å². The van der Waals surface area contributed by atoms with Gasteiger partial charge in [-0.05, 0) is 6.42 Å². The Bertz CT molecular complexity index is 596. The third-order valence-corrected chi connectivity index (χ3v) is 3.60. The molecule has 0 amide bonds. The minimum Gasteiger partial charge on any atom is -0.502 e. The van der Waals surface area contributed by atoms with Crippen molar-refractivity contribution in [2.24, 2.45) is 0 Å². The Hall–Kier alpha value is -1.58. The molecule has 0 unspecified atom stereocenters. The fourth-order valence-corrected chi connectivity index (χ4v) is 1.79. The molecule has 0 rings (SSSR count). The van der Waals surface area contributed by atoms with Crippen molar-refractivity contribution in [2.75, 3.05) is 6.61 Å². The maximum Gasteiger partial charge on any atom is 0.384 e. The largest absolute Gasteiger partial charge is 0.502 e. The third kappa shape index (κ3) is 3.99. The van der Waals surface area contributed by atoms with Crippen LogP contribution in [-0.4, -0.2) is 54.5 Å². The number of hydrogen-bond donors (Lipinski definition) is 0. The number of halogens is 16. The molecule has 0 saturated carbocycles. The van der Waals surface area contributed by atoms with Gasteiger partial charge in [-0.3, -0.25) is 0 Å². The zero-order chi connectivity index (χ0) is 24.6. The molecular formula is C13H10F16O. The molecule has 0 bridgehead atoms. The lowest BCUT2D eigenvalue weighted by atomic mass is 9.88. The SMILES string of the molecule is C=COCCCC(F)(F)C(F)(F)C(F)(F)C(F)(F)C(F)(F)C(F)(F)C(F)(F)C(F)F. The van der Waals surface area contributed by atoms with Crippen LogP contribution in [0.5, 0.6) is 0 Å². The topological polar surface area (TPSA) is 9.23 Å². The first-order chi connectivity index (χ1) is 13.0. The fourth-order valence-electron chi connectivity index (χ4n) is 1.79. The van der Waals surface area contributed by atoms with E-state index in [9.17, 15) is 70.2 Å². The van der Waals surface area contributed by atoms with Crippen LogP contribution in [0.1, 0.15) is 12.8 Å². The molecule has 0 aromatic rings. The van der Waals surface area contributed by atoms with Crippen molar-refractivity contribution in [2.45, 2.75) is 60.7 Å². The van der Waals surface area contributed by atoms with Crippen LogP contribution in [0.3, 0.4) is 0 Å². The molecule has 17 heteroatoms. The highest BCUT2D eigenvalue weighted by molar-refractivity contribution is 5.14. The van der Waals surface area contributed by atoms with Crippen molar-refractivity contribution in [3.63, 3.8) is 0 Å². The van der Waals surface area contributed by atoms with Gasteiger partial charge in [-0.2, -0.15) is 61.5 Å². The van der Waals surface area contributed by atoms with Crippen LogP contribution in [0.25, 0.3) is 0 Å². The lowest BCUT2D eigenvalue weighted by Gasteiger charge is -2.42. The average Bonchev–Trinajstić information content (AvgIpc) is 2.57. The lowest BCUT2D eigenvalue weighted by molar-refractivity contribution is -0.447. The van der Waals surface area contributed by atoms with E-state index in [-0.39, 0.29) is 0 Å². The summed E-state index contributed by atoms with van der Waals surface area (Å²) in [6.07, 6.45) is -9.05. The van der Waals surface area contributed by atoms with Crippen molar-refractivity contribution < 1.29 is 75.0 Å². The Morgan fingerprint density at radius 2 is 1.00 bits per heavy atom. The maximum absolute atomic E-state index is 13.4. The summed E-state index contributed by atoms with van der Waals surface area (Å²) in [4.78, 5) is 0. The fraction of sp³-hybridized carbons (Fsp3) is 0.846. The van der Waals surface area contributed by atoms with Crippen molar-refractivity contribution in [3.05, 3.63) is 12.8 Å². The van der Waals surface area contributed by atoms with Crippen LogP contribution in [0.2, 0.25) is 0 Å². The van der Waals surface area contributed by atoms with Gasteiger partial charge >= 0.3 is 47.9 Å². The summed E-state index contributed by atoms with van der Waals surface area (Å²) in [7, 11) is 0. The minimum atomic E-state index is -8.35. The monoisotopic (exact) mass is 486 g/mol. The first-order valence-electron chi connectivity index (χ1n) is 7.16. The van der Waals surface area contributed by atoms with Gasteiger partial charge in [0.25, 0.3) is 0 Å². The highest BCUT2D eigenvalue weighted by atomic mass is 19.4. The Morgan fingerprint density at radius 3 is 1.37 bits per heavy atom. The minimum absolute atomic E-state index is 0.546. The smallest absolute Gasteiger partial charge is 0.384 e. The number of ether oxygens (including phenoxy) is 1. The quantitative estimate of drug-likeness (QED) is 0.171. The van der Waals surface area contributed by atoms with Gasteiger partial charge in [0.15, 0.2) is 0 Å². The zero-order valence-electron chi connectivity index (χ0n) is 13.9. The number of alkyl halides is 16. The molecule has 0 saturated heterocycles. The molecule has 1 nitrogen and oxygen atoms in total.